The highest BCUT2D eigenvalue weighted by Gasteiger charge is 2.85. The molecule has 0 bridgehead atoms. The number of carbonyl (C=O) groups excluding carboxylic acids is 2. The Labute approximate surface area is 248 Å². The van der Waals surface area contributed by atoms with E-state index in [2.05, 4.69) is 12.6 Å². The monoisotopic (exact) mass is 678 g/mol. The van der Waals surface area contributed by atoms with Crippen molar-refractivity contribution in [2.45, 2.75) is 42.0 Å². The number of halogens is 9. The van der Waals surface area contributed by atoms with Gasteiger partial charge < -0.3 is 9.47 Å². The van der Waals surface area contributed by atoms with Crippen LogP contribution in [0.5, 0.6) is 11.5 Å². The normalized spacial score (nSPS) is 12.6. The molecule has 0 aliphatic rings. The Morgan fingerprint density at radius 3 is 1.45 bits per heavy atom. The second-order valence-corrected chi connectivity index (χ2v) is 10.5. The van der Waals surface area contributed by atoms with E-state index >= 15 is 0 Å². The van der Waals surface area contributed by atoms with Crippen LogP contribution in [0.2, 0.25) is 0 Å². The van der Waals surface area contributed by atoms with Crippen LogP contribution in [0.4, 0.5) is 39.5 Å². The Morgan fingerprint density at radius 1 is 0.682 bits per heavy atom. The molecular weight excluding hydrogens is 659 g/mol. The zero-order chi connectivity index (χ0) is 33.9. The molecule has 240 valence electrons. The van der Waals surface area contributed by atoms with Gasteiger partial charge in [-0.15, -0.1) is 12.6 Å². The van der Waals surface area contributed by atoms with E-state index in [1.165, 1.54) is 13.8 Å². The van der Waals surface area contributed by atoms with E-state index in [-0.39, 0.29) is 11.9 Å². The highest BCUT2D eigenvalue weighted by Crippen LogP contribution is 2.54. The van der Waals surface area contributed by atoms with Crippen LogP contribution >= 0.6 is 12.6 Å². The standard InChI is InChI=1S/C22H18O4S.C4HF9O3S/c1-14(23)25-18-10-6-16(7-11-18)20-4-3-5-21(27)22(20)17-8-12-19(13-9-17)26-15(2)24;5-1(6,3(9,10)11)2(7,8)4(12,13)17(14,15)16/h3-13,27H,1-2H3;(H,14,15,16). The number of esters is 2. The van der Waals surface area contributed by atoms with Gasteiger partial charge in [0.15, 0.2) is 0 Å². The molecule has 3 aromatic rings. The number of carbonyl (C=O) groups is 2. The van der Waals surface area contributed by atoms with Crippen LogP contribution in [0.25, 0.3) is 22.3 Å². The summed E-state index contributed by atoms with van der Waals surface area (Å²) in [7, 11) is -7.17. The van der Waals surface area contributed by atoms with Gasteiger partial charge in [-0.05, 0) is 47.0 Å². The van der Waals surface area contributed by atoms with Crippen LogP contribution in [-0.4, -0.2) is 48.2 Å². The van der Waals surface area contributed by atoms with Crippen LogP contribution < -0.4 is 9.47 Å². The predicted octanol–water partition coefficient (Wildman–Crippen LogP) is 7.46. The lowest BCUT2D eigenvalue weighted by molar-refractivity contribution is -0.382. The summed E-state index contributed by atoms with van der Waals surface area (Å²) >= 11 is 4.62. The lowest BCUT2D eigenvalue weighted by Crippen LogP contribution is -2.63. The molecule has 44 heavy (non-hydrogen) atoms. The molecule has 3 aromatic carbocycles. The van der Waals surface area contributed by atoms with Crippen molar-refractivity contribution in [3.05, 3.63) is 66.7 Å². The number of thiol groups is 1. The van der Waals surface area contributed by atoms with E-state index in [4.69, 9.17) is 14.0 Å². The molecule has 0 heterocycles. The molecule has 0 saturated carbocycles. The van der Waals surface area contributed by atoms with E-state index in [1.807, 2.05) is 42.5 Å². The van der Waals surface area contributed by atoms with Crippen LogP contribution in [-0.2, 0) is 19.7 Å². The number of benzene rings is 3. The third-order valence-corrected chi connectivity index (χ3v) is 6.59. The second-order valence-electron chi connectivity index (χ2n) is 8.57. The summed E-state index contributed by atoms with van der Waals surface area (Å²) in [5.74, 6) is -14.4. The summed E-state index contributed by atoms with van der Waals surface area (Å²) in [5.41, 5.74) is 3.89. The molecule has 0 radical (unpaired) electrons. The fourth-order valence-corrected chi connectivity index (χ4v) is 4.12. The molecule has 3 rings (SSSR count). The first-order valence-corrected chi connectivity index (χ1v) is 13.4. The zero-order valence-electron chi connectivity index (χ0n) is 22.0. The maximum atomic E-state index is 12.2. The quantitative estimate of drug-likeness (QED) is 0.0879. The van der Waals surface area contributed by atoms with Gasteiger partial charge in [-0.25, -0.2) is 0 Å². The average molecular weight is 679 g/mol. The van der Waals surface area contributed by atoms with Gasteiger partial charge in [0.1, 0.15) is 11.5 Å². The number of rotatable bonds is 7. The van der Waals surface area contributed by atoms with Crippen molar-refractivity contribution >= 4 is 34.7 Å². The Hall–Kier alpha value is -3.77. The Morgan fingerprint density at radius 2 is 1.09 bits per heavy atom. The third kappa shape index (κ3) is 7.84. The minimum atomic E-state index is -7.37. The van der Waals surface area contributed by atoms with Crippen molar-refractivity contribution in [3.63, 3.8) is 0 Å². The van der Waals surface area contributed by atoms with Gasteiger partial charge in [-0.3, -0.25) is 14.1 Å². The van der Waals surface area contributed by atoms with E-state index in [0.717, 1.165) is 27.1 Å². The van der Waals surface area contributed by atoms with Gasteiger partial charge in [-0.1, -0.05) is 36.4 Å². The summed E-state index contributed by atoms with van der Waals surface area (Å²) < 4.78 is 144. The lowest BCUT2D eigenvalue weighted by atomic mass is 9.94. The third-order valence-electron chi connectivity index (χ3n) is 5.31. The van der Waals surface area contributed by atoms with Crippen LogP contribution in [0.3, 0.4) is 0 Å². The zero-order valence-corrected chi connectivity index (χ0v) is 23.7. The van der Waals surface area contributed by atoms with Crippen LogP contribution in [0, 0.1) is 0 Å². The number of hydrogen-bond acceptors (Lipinski definition) is 7. The number of ether oxygens (including phenoxy) is 2. The van der Waals surface area contributed by atoms with E-state index in [1.54, 1.807) is 24.3 Å². The summed E-state index contributed by atoms with van der Waals surface area (Å²) in [4.78, 5) is 23.0. The number of alkyl halides is 9. The molecule has 0 aliphatic carbocycles. The lowest BCUT2D eigenvalue weighted by Gasteiger charge is -2.31. The van der Waals surface area contributed by atoms with Gasteiger partial charge in [0.25, 0.3) is 0 Å². The molecule has 0 aromatic heterocycles. The minimum absolute atomic E-state index is 0.353. The fourth-order valence-electron chi connectivity index (χ4n) is 3.33. The molecule has 0 fully saturated rings. The second kappa shape index (κ2) is 13.1. The SMILES string of the molecule is CC(=O)Oc1ccc(-c2cccc(S)c2-c2ccc(OC(C)=O)cc2)cc1.O=S(=O)(O)C(F)(F)C(F)(F)C(F)(F)C(F)(F)F. The van der Waals surface area contributed by atoms with Gasteiger partial charge in [0.05, 0.1) is 0 Å². The Balaban J connectivity index is 0.000000345. The smallest absolute Gasteiger partial charge is 0.427 e. The number of hydrogen-bond donors (Lipinski definition) is 2. The fraction of sp³-hybridized carbons (Fsp3) is 0.231. The average Bonchev–Trinajstić information content (AvgIpc) is 2.88. The largest absolute Gasteiger partial charge is 0.460 e. The van der Waals surface area contributed by atoms with Crippen molar-refractivity contribution in [2.75, 3.05) is 0 Å². The highest BCUT2D eigenvalue weighted by molar-refractivity contribution is 7.87. The van der Waals surface area contributed by atoms with Crippen LogP contribution in [0.15, 0.2) is 71.6 Å². The van der Waals surface area contributed by atoms with Gasteiger partial charge >= 0.3 is 45.3 Å². The first-order chi connectivity index (χ1) is 19.9. The summed E-state index contributed by atoms with van der Waals surface area (Å²) in [5, 5.41) is -7.00. The van der Waals surface area contributed by atoms with Crippen LogP contribution in [0.1, 0.15) is 13.8 Å². The summed E-state index contributed by atoms with van der Waals surface area (Å²) in [6.07, 6.45) is -7.13. The van der Waals surface area contributed by atoms with Crippen molar-refractivity contribution in [1.29, 1.82) is 0 Å². The van der Waals surface area contributed by atoms with E-state index in [0.29, 0.717) is 11.5 Å². The molecule has 18 heteroatoms. The first-order valence-electron chi connectivity index (χ1n) is 11.5. The molecule has 0 saturated heterocycles. The van der Waals surface area contributed by atoms with Crippen molar-refractivity contribution in [1.82, 2.24) is 0 Å². The van der Waals surface area contributed by atoms with Gasteiger partial charge in [-0.2, -0.15) is 47.9 Å². The summed E-state index contributed by atoms with van der Waals surface area (Å²) in [6.45, 7) is 2.74. The first kappa shape index (κ1) is 36.4. The molecule has 0 amide bonds. The Bertz CT molecular complexity index is 1610. The van der Waals surface area contributed by atoms with E-state index in [9.17, 15) is 57.5 Å². The maximum absolute atomic E-state index is 12.2. The molecule has 7 nitrogen and oxygen atoms in total. The van der Waals surface area contributed by atoms with Crippen molar-refractivity contribution < 1.29 is 71.5 Å². The topological polar surface area (TPSA) is 107 Å². The molecule has 0 spiro atoms. The van der Waals surface area contributed by atoms with Gasteiger partial charge in [0.2, 0.25) is 0 Å². The minimum Gasteiger partial charge on any atom is -0.427 e. The molecule has 1 N–H and O–H groups in total. The highest BCUT2D eigenvalue weighted by atomic mass is 32.2. The maximum Gasteiger partial charge on any atom is 0.460 e. The predicted molar refractivity (Wildman–Crippen MR) is 140 cm³/mol. The Kier molecular flexibility index (Phi) is 10.8. The molecule has 0 atom stereocenters. The molecular formula is C26H19F9O7S2. The van der Waals surface area contributed by atoms with Gasteiger partial charge in [0, 0.05) is 24.3 Å². The van der Waals surface area contributed by atoms with Crippen molar-refractivity contribution in [3.8, 4) is 33.8 Å². The molecule has 0 aliphatic heterocycles. The summed E-state index contributed by atoms with van der Waals surface area (Å²) in [6, 6.07) is 20.5. The van der Waals surface area contributed by atoms with Crippen molar-refractivity contribution in [2.24, 2.45) is 0 Å². The molecule has 0 unspecified atom stereocenters. The van der Waals surface area contributed by atoms with E-state index < -0.39 is 33.4 Å².